The fourth-order valence-electron chi connectivity index (χ4n) is 2.28. The quantitative estimate of drug-likeness (QED) is 0.438. The van der Waals surface area contributed by atoms with Crippen LogP contribution in [-0.2, 0) is 23.7 Å². The second-order valence-electron chi connectivity index (χ2n) is 6.62. The van der Waals surface area contributed by atoms with Crippen molar-refractivity contribution in [3.05, 3.63) is 0 Å². The molecular weight excluding hydrogens is 276 g/mol. The molecule has 2 saturated heterocycles. The Bertz CT molecular complexity index is 351. The largest absolute Gasteiger partial charge is 0.460 e. The molecule has 4 atom stereocenters. The van der Waals surface area contributed by atoms with Crippen molar-refractivity contribution in [1.29, 1.82) is 0 Å². The number of epoxide rings is 1. The third-order valence-corrected chi connectivity index (χ3v) is 3.32. The smallest absolute Gasteiger partial charge is 0.306 e. The second kappa shape index (κ2) is 7.05. The molecular formula is C15H26O6. The van der Waals surface area contributed by atoms with Gasteiger partial charge in [0, 0.05) is 19.4 Å². The van der Waals surface area contributed by atoms with Gasteiger partial charge >= 0.3 is 5.97 Å². The number of unbranched alkanes of at least 4 members (excludes halogenated alkanes) is 2. The first-order chi connectivity index (χ1) is 9.85. The van der Waals surface area contributed by atoms with Crippen molar-refractivity contribution in [2.75, 3.05) is 6.61 Å². The normalized spacial score (nSPS) is 31.6. The summed E-state index contributed by atoms with van der Waals surface area (Å²) >= 11 is 0. The lowest BCUT2D eigenvalue weighted by molar-refractivity contribution is -0.222. The standard InChI is InChI=1S/C15H26O6/c1-15(2,3)21-12(17)7-5-4-6-8-18-13-10(16)9-11-14(19-11)20-13/h10-11,13-14,16H,4-9H2,1-3H3. The molecule has 0 aromatic heterocycles. The Morgan fingerprint density at radius 2 is 2.00 bits per heavy atom. The highest BCUT2D eigenvalue weighted by atomic mass is 16.8. The van der Waals surface area contributed by atoms with Crippen LogP contribution >= 0.6 is 0 Å². The van der Waals surface area contributed by atoms with E-state index in [1.807, 2.05) is 20.8 Å². The van der Waals surface area contributed by atoms with Crippen molar-refractivity contribution in [3.8, 4) is 0 Å². The Balaban J connectivity index is 1.47. The van der Waals surface area contributed by atoms with Crippen LogP contribution in [0.25, 0.3) is 0 Å². The topological polar surface area (TPSA) is 77.5 Å². The van der Waals surface area contributed by atoms with Crippen molar-refractivity contribution in [1.82, 2.24) is 0 Å². The molecule has 2 heterocycles. The predicted octanol–water partition coefficient (Wildman–Crippen LogP) is 1.74. The molecule has 122 valence electrons. The Kier molecular flexibility index (Phi) is 5.60. The number of aliphatic hydroxyl groups excluding tert-OH is 1. The van der Waals surface area contributed by atoms with E-state index < -0.39 is 18.0 Å². The molecule has 6 heteroatoms. The Morgan fingerprint density at radius 1 is 1.24 bits per heavy atom. The van der Waals surface area contributed by atoms with E-state index in [0.29, 0.717) is 19.4 Å². The van der Waals surface area contributed by atoms with E-state index in [9.17, 15) is 9.90 Å². The van der Waals surface area contributed by atoms with Gasteiger partial charge in [0.1, 0.15) is 17.8 Å². The predicted molar refractivity (Wildman–Crippen MR) is 74.4 cm³/mol. The van der Waals surface area contributed by atoms with E-state index in [2.05, 4.69) is 0 Å². The number of ether oxygens (including phenoxy) is 4. The number of fused-ring (bicyclic) bond motifs is 1. The second-order valence-corrected chi connectivity index (χ2v) is 6.62. The van der Waals surface area contributed by atoms with Crippen LogP contribution in [0.1, 0.15) is 52.9 Å². The van der Waals surface area contributed by atoms with E-state index in [1.54, 1.807) is 0 Å². The van der Waals surface area contributed by atoms with Crippen LogP contribution in [0.5, 0.6) is 0 Å². The molecule has 0 aromatic carbocycles. The number of rotatable bonds is 7. The van der Waals surface area contributed by atoms with Crippen LogP contribution in [0.15, 0.2) is 0 Å². The Hall–Kier alpha value is -0.690. The van der Waals surface area contributed by atoms with E-state index in [0.717, 1.165) is 19.3 Å². The van der Waals surface area contributed by atoms with Crippen molar-refractivity contribution in [2.45, 2.75) is 83.3 Å². The van der Waals surface area contributed by atoms with Crippen molar-refractivity contribution < 1.29 is 28.8 Å². The maximum Gasteiger partial charge on any atom is 0.306 e. The zero-order valence-electron chi connectivity index (χ0n) is 13.0. The minimum atomic E-state index is -0.615. The highest BCUT2D eigenvalue weighted by Gasteiger charge is 2.49. The van der Waals surface area contributed by atoms with Crippen LogP contribution in [0.3, 0.4) is 0 Å². The van der Waals surface area contributed by atoms with E-state index in [1.165, 1.54) is 0 Å². The lowest BCUT2D eigenvalue weighted by Gasteiger charge is -2.25. The first-order valence-electron chi connectivity index (χ1n) is 7.67. The Morgan fingerprint density at radius 3 is 2.71 bits per heavy atom. The first-order valence-corrected chi connectivity index (χ1v) is 7.67. The summed E-state index contributed by atoms with van der Waals surface area (Å²) in [6.45, 7) is 6.10. The highest BCUT2D eigenvalue weighted by molar-refractivity contribution is 5.69. The SMILES string of the molecule is CC(C)(C)OC(=O)CCCCCOC1OC2OC2CC1O. The zero-order chi connectivity index (χ0) is 15.5. The molecule has 0 bridgehead atoms. The minimum Gasteiger partial charge on any atom is -0.460 e. The van der Waals surface area contributed by atoms with E-state index in [-0.39, 0.29) is 18.4 Å². The van der Waals surface area contributed by atoms with Gasteiger partial charge in [-0.15, -0.1) is 0 Å². The van der Waals surface area contributed by atoms with E-state index in [4.69, 9.17) is 18.9 Å². The van der Waals surface area contributed by atoms with Crippen molar-refractivity contribution >= 4 is 5.97 Å². The first kappa shape index (κ1) is 16.7. The molecule has 21 heavy (non-hydrogen) atoms. The van der Waals surface area contributed by atoms with Gasteiger partial charge in [-0.05, 0) is 33.6 Å². The maximum atomic E-state index is 11.5. The van der Waals surface area contributed by atoms with Crippen LogP contribution in [0.4, 0.5) is 0 Å². The van der Waals surface area contributed by atoms with Gasteiger partial charge in [0.15, 0.2) is 12.6 Å². The summed E-state index contributed by atoms with van der Waals surface area (Å²) in [5.41, 5.74) is -0.419. The molecule has 0 aliphatic carbocycles. The third-order valence-electron chi connectivity index (χ3n) is 3.32. The molecule has 2 aliphatic heterocycles. The molecule has 1 N–H and O–H groups in total. The fraction of sp³-hybridized carbons (Fsp3) is 0.933. The van der Waals surface area contributed by atoms with Gasteiger partial charge in [0.2, 0.25) is 0 Å². The lowest BCUT2D eigenvalue weighted by Crippen LogP contribution is -2.38. The minimum absolute atomic E-state index is 0.0497. The van der Waals surface area contributed by atoms with Gasteiger partial charge in [-0.25, -0.2) is 0 Å². The number of carbonyl (C=O) groups excluding carboxylic acids is 1. The number of aliphatic hydroxyl groups is 1. The third kappa shape index (κ3) is 5.90. The molecule has 0 amide bonds. The maximum absolute atomic E-state index is 11.5. The molecule has 6 nitrogen and oxygen atoms in total. The molecule has 2 rings (SSSR count). The summed E-state index contributed by atoms with van der Waals surface area (Å²) in [7, 11) is 0. The lowest BCUT2D eigenvalue weighted by atomic mass is 10.1. The summed E-state index contributed by atoms with van der Waals surface area (Å²) < 4.78 is 21.3. The summed E-state index contributed by atoms with van der Waals surface area (Å²) in [5.74, 6) is -0.161. The Labute approximate surface area is 125 Å². The monoisotopic (exact) mass is 302 g/mol. The van der Waals surface area contributed by atoms with Crippen LogP contribution in [-0.4, -0.2) is 48.1 Å². The van der Waals surface area contributed by atoms with Gasteiger partial charge in [-0.1, -0.05) is 6.42 Å². The van der Waals surface area contributed by atoms with Crippen LogP contribution < -0.4 is 0 Å². The van der Waals surface area contributed by atoms with Gasteiger partial charge < -0.3 is 24.1 Å². The molecule has 4 unspecified atom stereocenters. The molecule has 2 fully saturated rings. The summed E-state index contributed by atoms with van der Waals surface area (Å²) in [5, 5.41) is 9.76. The average Bonchev–Trinajstić information content (AvgIpc) is 3.09. The van der Waals surface area contributed by atoms with Crippen LogP contribution in [0.2, 0.25) is 0 Å². The summed E-state index contributed by atoms with van der Waals surface area (Å²) in [4.78, 5) is 11.5. The van der Waals surface area contributed by atoms with Gasteiger partial charge in [0.25, 0.3) is 0 Å². The van der Waals surface area contributed by atoms with Gasteiger partial charge in [0.05, 0.1) is 0 Å². The average molecular weight is 302 g/mol. The number of carbonyl (C=O) groups is 1. The highest BCUT2D eigenvalue weighted by Crippen LogP contribution is 2.35. The van der Waals surface area contributed by atoms with Crippen molar-refractivity contribution in [2.24, 2.45) is 0 Å². The van der Waals surface area contributed by atoms with Crippen molar-refractivity contribution in [3.63, 3.8) is 0 Å². The fourth-order valence-corrected chi connectivity index (χ4v) is 2.28. The van der Waals surface area contributed by atoms with Crippen LogP contribution in [0, 0.1) is 0 Å². The number of hydrogen-bond acceptors (Lipinski definition) is 6. The summed E-state index contributed by atoms with van der Waals surface area (Å²) in [6, 6.07) is 0. The molecule has 0 spiro atoms. The number of esters is 1. The molecule has 2 aliphatic rings. The molecule has 0 radical (unpaired) electrons. The molecule has 0 saturated carbocycles. The van der Waals surface area contributed by atoms with Gasteiger partial charge in [-0.2, -0.15) is 0 Å². The number of hydrogen-bond donors (Lipinski definition) is 1. The van der Waals surface area contributed by atoms with E-state index >= 15 is 0 Å². The summed E-state index contributed by atoms with van der Waals surface area (Å²) in [6.07, 6.45) is 2.15. The zero-order valence-corrected chi connectivity index (χ0v) is 13.0. The molecule has 0 aromatic rings. The van der Waals surface area contributed by atoms with Gasteiger partial charge in [-0.3, -0.25) is 4.79 Å².